The molecule has 0 N–H and O–H groups in total. The molecule has 0 amide bonds. The Bertz CT molecular complexity index is 589. The maximum atomic E-state index is 10.4. The van der Waals surface area contributed by atoms with Crippen molar-refractivity contribution in [3.05, 3.63) is 36.4 Å². The molecule has 2 aromatic rings. The van der Waals surface area contributed by atoms with Gasteiger partial charge >= 0.3 is 0 Å². The predicted octanol–water partition coefficient (Wildman–Crippen LogP) is 3.17. The zero-order valence-electron chi connectivity index (χ0n) is 9.81. The average molecular weight is 243 g/mol. The molecule has 2 rings (SSSR count). The van der Waals surface area contributed by atoms with Gasteiger partial charge in [-0.1, -0.05) is 24.3 Å². The van der Waals surface area contributed by atoms with Crippen LogP contribution in [-0.2, 0) is 4.79 Å². The highest BCUT2D eigenvalue weighted by Gasteiger charge is 2.07. The molecular formula is C13H13NO2Si. The normalized spacial score (nSPS) is 10.3. The van der Waals surface area contributed by atoms with Crippen LogP contribution in [0.25, 0.3) is 10.8 Å². The van der Waals surface area contributed by atoms with Crippen molar-refractivity contribution in [1.82, 2.24) is 0 Å². The number of hydrogen-bond donors (Lipinski definition) is 0. The number of aliphatic imine (C=N–C) groups is 1. The molecular weight excluding hydrogens is 230 g/mol. The SMILES string of the molecule is C[SiH](C)Oc1ccc(N=C=O)c2ccccc12. The van der Waals surface area contributed by atoms with Crippen LogP contribution in [-0.4, -0.2) is 15.1 Å². The van der Waals surface area contributed by atoms with Crippen molar-refractivity contribution in [3.63, 3.8) is 0 Å². The first-order chi connectivity index (χ1) is 8.22. The van der Waals surface area contributed by atoms with Gasteiger partial charge < -0.3 is 4.43 Å². The van der Waals surface area contributed by atoms with E-state index in [0.717, 1.165) is 16.5 Å². The molecule has 0 radical (unpaired) electrons. The van der Waals surface area contributed by atoms with Crippen molar-refractivity contribution in [1.29, 1.82) is 0 Å². The summed E-state index contributed by atoms with van der Waals surface area (Å²) in [4.78, 5) is 14.1. The van der Waals surface area contributed by atoms with Gasteiger partial charge in [-0.15, -0.1) is 0 Å². The fourth-order valence-electron chi connectivity index (χ4n) is 1.76. The summed E-state index contributed by atoms with van der Waals surface area (Å²) in [6, 6.07) is 11.4. The van der Waals surface area contributed by atoms with Gasteiger partial charge in [0, 0.05) is 10.8 Å². The van der Waals surface area contributed by atoms with Crippen LogP contribution in [0.1, 0.15) is 0 Å². The van der Waals surface area contributed by atoms with Crippen molar-refractivity contribution in [2.75, 3.05) is 0 Å². The number of carbonyl (C=O) groups excluding carboxylic acids is 1. The molecule has 3 nitrogen and oxygen atoms in total. The summed E-state index contributed by atoms with van der Waals surface area (Å²) in [7, 11) is -1.14. The fourth-order valence-corrected chi connectivity index (χ4v) is 2.47. The Balaban J connectivity index is 2.66. The standard InChI is InChI=1S/C13H13NO2Si/c1-17(2)16-13-8-7-12(14-9-15)10-5-3-4-6-11(10)13/h3-8,17H,1-2H3. The molecule has 2 aromatic carbocycles. The lowest BCUT2D eigenvalue weighted by atomic mass is 10.1. The number of fused-ring (bicyclic) bond motifs is 1. The van der Waals surface area contributed by atoms with Gasteiger partial charge in [0.15, 0.2) is 0 Å². The molecule has 0 aliphatic heterocycles. The summed E-state index contributed by atoms with van der Waals surface area (Å²) in [5, 5.41) is 1.91. The Labute approximate surface area is 101 Å². The molecule has 0 spiro atoms. The highest BCUT2D eigenvalue weighted by Crippen LogP contribution is 2.33. The predicted molar refractivity (Wildman–Crippen MR) is 71.2 cm³/mol. The van der Waals surface area contributed by atoms with Crippen molar-refractivity contribution in [3.8, 4) is 5.75 Å². The first-order valence-corrected chi connectivity index (χ1v) is 8.26. The number of benzene rings is 2. The maximum absolute atomic E-state index is 10.4. The highest BCUT2D eigenvalue weighted by molar-refractivity contribution is 6.49. The summed E-state index contributed by atoms with van der Waals surface area (Å²) in [6.45, 7) is 4.23. The molecule has 0 heterocycles. The quantitative estimate of drug-likeness (QED) is 0.472. The Morgan fingerprint density at radius 2 is 1.82 bits per heavy atom. The van der Waals surface area contributed by atoms with Crippen LogP contribution in [0.4, 0.5) is 5.69 Å². The van der Waals surface area contributed by atoms with Gasteiger partial charge in [0.25, 0.3) is 0 Å². The van der Waals surface area contributed by atoms with Crippen molar-refractivity contribution < 1.29 is 9.22 Å². The molecule has 4 heteroatoms. The molecule has 0 bridgehead atoms. The zero-order valence-corrected chi connectivity index (χ0v) is 11.0. The van der Waals surface area contributed by atoms with Gasteiger partial charge in [-0.05, 0) is 25.2 Å². The van der Waals surface area contributed by atoms with Crippen LogP contribution in [0.3, 0.4) is 0 Å². The maximum Gasteiger partial charge on any atom is 0.240 e. The largest absolute Gasteiger partial charge is 0.547 e. The van der Waals surface area contributed by atoms with Crippen LogP contribution in [0.5, 0.6) is 5.75 Å². The van der Waals surface area contributed by atoms with Crippen LogP contribution in [0.2, 0.25) is 13.1 Å². The first kappa shape index (κ1) is 11.6. The second-order valence-corrected chi connectivity index (χ2v) is 6.33. The molecule has 86 valence electrons. The molecule has 0 saturated heterocycles. The number of hydrogen-bond acceptors (Lipinski definition) is 3. The van der Waals surface area contributed by atoms with E-state index in [2.05, 4.69) is 18.1 Å². The van der Waals surface area contributed by atoms with E-state index in [0.29, 0.717) is 5.69 Å². The summed E-state index contributed by atoms with van der Waals surface area (Å²) in [5.41, 5.74) is 0.633. The van der Waals surface area contributed by atoms with E-state index in [1.165, 1.54) is 0 Å². The lowest BCUT2D eigenvalue weighted by Crippen LogP contribution is -2.11. The Kier molecular flexibility index (Phi) is 3.37. The van der Waals surface area contributed by atoms with Crippen molar-refractivity contribution >= 4 is 31.6 Å². The van der Waals surface area contributed by atoms with Crippen molar-refractivity contribution in [2.24, 2.45) is 4.99 Å². The number of nitrogens with zero attached hydrogens (tertiary/aromatic N) is 1. The van der Waals surface area contributed by atoms with Crippen molar-refractivity contribution in [2.45, 2.75) is 13.1 Å². The Morgan fingerprint density at radius 1 is 1.12 bits per heavy atom. The van der Waals surface area contributed by atoms with E-state index in [1.807, 2.05) is 30.3 Å². The van der Waals surface area contributed by atoms with Gasteiger partial charge in [-0.25, -0.2) is 4.79 Å². The van der Waals surface area contributed by atoms with E-state index in [1.54, 1.807) is 12.1 Å². The molecule has 17 heavy (non-hydrogen) atoms. The van der Waals surface area contributed by atoms with Gasteiger partial charge in [-0.3, -0.25) is 0 Å². The summed E-state index contributed by atoms with van der Waals surface area (Å²) in [6.07, 6.45) is 1.58. The van der Waals surface area contributed by atoms with Gasteiger partial charge in [0.05, 0.1) is 5.69 Å². The molecule has 0 unspecified atom stereocenters. The third-order valence-corrected chi connectivity index (χ3v) is 3.12. The topological polar surface area (TPSA) is 38.7 Å². The smallest absolute Gasteiger partial charge is 0.240 e. The average Bonchev–Trinajstić information content (AvgIpc) is 2.32. The lowest BCUT2D eigenvalue weighted by molar-refractivity contribution is 0.565. The molecule has 0 aliphatic carbocycles. The van der Waals surface area contributed by atoms with E-state index in [4.69, 9.17) is 4.43 Å². The zero-order chi connectivity index (χ0) is 12.3. The lowest BCUT2D eigenvalue weighted by Gasteiger charge is -2.12. The van der Waals surface area contributed by atoms with Gasteiger partial charge in [-0.2, -0.15) is 4.99 Å². The van der Waals surface area contributed by atoms with E-state index in [-0.39, 0.29) is 0 Å². The second kappa shape index (κ2) is 4.95. The van der Waals surface area contributed by atoms with Crippen LogP contribution >= 0.6 is 0 Å². The fraction of sp³-hybridized carbons (Fsp3) is 0.154. The van der Waals surface area contributed by atoms with Crippen LogP contribution in [0.15, 0.2) is 41.4 Å². The van der Waals surface area contributed by atoms with Gasteiger partial charge in [0.2, 0.25) is 15.1 Å². The first-order valence-electron chi connectivity index (χ1n) is 5.48. The Hall–Kier alpha value is -1.90. The number of isocyanates is 1. The van der Waals surface area contributed by atoms with Gasteiger partial charge in [0.1, 0.15) is 5.75 Å². The molecule has 0 saturated carbocycles. The van der Waals surface area contributed by atoms with E-state index < -0.39 is 9.04 Å². The second-order valence-electron chi connectivity index (χ2n) is 4.00. The third kappa shape index (κ3) is 2.44. The van der Waals surface area contributed by atoms with E-state index >= 15 is 0 Å². The Morgan fingerprint density at radius 3 is 2.47 bits per heavy atom. The van der Waals surface area contributed by atoms with E-state index in [9.17, 15) is 4.79 Å². The molecule has 0 fully saturated rings. The molecule has 0 atom stereocenters. The minimum atomic E-state index is -1.14. The number of rotatable bonds is 3. The summed E-state index contributed by atoms with van der Waals surface area (Å²) in [5.74, 6) is 0.868. The van der Waals surface area contributed by atoms with Crippen LogP contribution < -0.4 is 4.43 Å². The summed E-state index contributed by atoms with van der Waals surface area (Å²) < 4.78 is 5.86. The van der Waals surface area contributed by atoms with Crippen LogP contribution in [0, 0.1) is 0 Å². The highest BCUT2D eigenvalue weighted by atomic mass is 28.3. The minimum Gasteiger partial charge on any atom is -0.547 e. The summed E-state index contributed by atoms with van der Waals surface area (Å²) >= 11 is 0. The molecule has 0 aliphatic rings. The molecule has 0 aromatic heterocycles. The minimum absolute atomic E-state index is 0.633. The monoisotopic (exact) mass is 243 g/mol. The third-order valence-electron chi connectivity index (χ3n) is 2.39.